The highest BCUT2D eigenvalue weighted by Gasteiger charge is 2.32. The van der Waals surface area contributed by atoms with Crippen molar-refractivity contribution < 1.29 is 27.1 Å². The Balaban J connectivity index is 1.74. The number of ether oxygens (including phenoxy) is 1. The molecule has 31 heavy (non-hydrogen) atoms. The van der Waals surface area contributed by atoms with Crippen LogP contribution < -0.4 is 4.74 Å². The Kier molecular flexibility index (Phi) is 6.52. The van der Waals surface area contributed by atoms with Crippen molar-refractivity contribution >= 4 is 5.91 Å². The van der Waals surface area contributed by atoms with Crippen LogP contribution in [0.4, 0.5) is 17.6 Å². The quantitative estimate of drug-likeness (QED) is 0.527. The Labute approximate surface area is 175 Å². The number of alkyl halides is 3. The number of para-hydroxylation sites is 1. The number of hydrogen-bond donors (Lipinski definition) is 0. The maximum Gasteiger partial charge on any atom is 0.417 e. The number of benzene rings is 1. The largest absolute Gasteiger partial charge is 0.473 e. The number of nitrogens with zero attached hydrogens (tertiary/aromatic N) is 5. The van der Waals surface area contributed by atoms with Gasteiger partial charge >= 0.3 is 6.18 Å². The Hall–Kier alpha value is -3.50. The lowest BCUT2D eigenvalue weighted by molar-refractivity contribution is -0.138. The molecule has 0 spiro atoms. The van der Waals surface area contributed by atoms with E-state index in [1.54, 1.807) is 38.1 Å². The first-order valence-corrected chi connectivity index (χ1v) is 9.34. The lowest BCUT2D eigenvalue weighted by Gasteiger charge is -2.28. The third-order valence-corrected chi connectivity index (χ3v) is 4.50. The summed E-state index contributed by atoms with van der Waals surface area (Å²) in [6.45, 7) is 3.59. The molecule has 1 aromatic carbocycles. The number of hydrogen-bond acceptors (Lipinski definition) is 5. The van der Waals surface area contributed by atoms with E-state index < -0.39 is 29.5 Å². The Bertz CT molecular complexity index is 1040. The van der Waals surface area contributed by atoms with E-state index in [9.17, 15) is 22.4 Å². The Morgan fingerprint density at radius 1 is 1.23 bits per heavy atom. The summed E-state index contributed by atoms with van der Waals surface area (Å²) in [5, 5.41) is 8.10. The minimum atomic E-state index is -4.71. The number of halogens is 4. The molecule has 0 unspecified atom stereocenters. The molecule has 0 bridgehead atoms. The summed E-state index contributed by atoms with van der Waals surface area (Å²) in [6, 6.07) is 6.58. The van der Waals surface area contributed by atoms with Crippen LogP contribution in [0.5, 0.6) is 5.88 Å². The molecule has 0 saturated carbocycles. The normalized spacial score (nSPS) is 12.5. The van der Waals surface area contributed by atoms with E-state index in [0.29, 0.717) is 30.1 Å². The van der Waals surface area contributed by atoms with Gasteiger partial charge in [0.15, 0.2) is 5.82 Å². The van der Waals surface area contributed by atoms with Crippen molar-refractivity contribution in [3.8, 4) is 11.6 Å². The highest BCUT2D eigenvalue weighted by atomic mass is 19.4. The number of carbonyl (C=O) groups excluding carboxylic acids is 1. The van der Waals surface area contributed by atoms with Crippen molar-refractivity contribution in [1.29, 1.82) is 0 Å². The van der Waals surface area contributed by atoms with Crippen LogP contribution in [0.1, 0.15) is 29.8 Å². The van der Waals surface area contributed by atoms with Gasteiger partial charge in [0.1, 0.15) is 6.61 Å². The van der Waals surface area contributed by atoms with Crippen molar-refractivity contribution in [3.05, 3.63) is 65.9 Å². The molecule has 0 N–H and O–H groups in total. The SMILES string of the molecule is CCN(C(=O)c1ccccc1-n1nccn1)[C@@H](C)COc1ncc(C(F)(F)F)cc1F. The molecule has 2 heterocycles. The smallest absolute Gasteiger partial charge is 0.417 e. The predicted octanol–water partition coefficient (Wildman–Crippen LogP) is 3.75. The molecule has 11 heteroatoms. The average Bonchev–Trinajstić information content (AvgIpc) is 3.27. The van der Waals surface area contributed by atoms with Gasteiger partial charge in [-0.2, -0.15) is 28.2 Å². The fraction of sp³-hybridized carbons (Fsp3) is 0.300. The van der Waals surface area contributed by atoms with Gasteiger partial charge in [0, 0.05) is 12.7 Å². The molecule has 1 amide bonds. The van der Waals surface area contributed by atoms with Gasteiger partial charge < -0.3 is 9.64 Å². The fourth-order valence-corrected chi connectivity index (χ4v) is 2.96. The van der Waals surface area contributed by atoms with E-state index in [2.05, 4.69) is 15.2 Å². The monoisotopic (exact) mass is 437 g/mol. The topological polar surface area (TPSA) is 73.1 Å². The van der Waals surface area contributed by atoms with E-state index in [1.807, 2.05) is 0 Å². The highest BCUT2D eigenvalue weighted by Crippen LogP contribution is 2.30. The molecule has 1 atom stereocenters. The summed E-state index contributed by atoms with van der Waals surface area (Å²) in [4.78, 5) is 19.4. The van der Waals surface area contributed by atoms with Crippen molar-refractivity contribution in [2.45, 2.75) is 26.1 Å². The first-order valence-electron chi connectivity index (χ1n) is 9.34. The number of amides is 1. The molecular weight excluding hydrogens is 418 g/mol. The Morgan fingerprint density at radius 2 is 1.90 bits per heavy atom. The van der Waals surface area contributed by atoms with Gasteiger partial charge in [0.2, 0.25) is 5.88 Å². The average molecular weight is 437 g/mol. The Morgan fingerprint density at radius 3 is 2.52 bits per heavy atom. The van der Waals surface area contributed by atoms with Crippen LogP contribution in [0.15, 0.2) is 48.9 Å². The molecule has 164 valence electrons. The van der Waals surface area contributed by atoms with Gasteiger partial charge in [0.25, 0.3) is 5.91 Å². The molecule has 0 aliphatic heterocycles. The van der Waals surface area contributed by atoms with Gasteiger partial charge in [-0.15, -0.1) is 0 Å². The minimum Gasteiger partial charge on any atom is -0.473 e. The van der Waals surface area contributed by atoms with E-state index in [4.69, 9.17) is 4.74 Å². The summed E-state index contributed by atoms with van der Waals surface area (Å²) in [5.74, 6) is -2.12. The van der Waals surface area contributed by atoms with Crippen molar-refractivity contribution in [2.75, 3.05) is 13.2 Å². The van der Waals surface area contributed by atoms with Crippen LogP contribution in [0.3, 0.4) is 0 Å². The molecular formula is C20H19F4N5O2. The lowest BCUT2D eigenvalue weighted by atomic mass is 10.1. The molecule has 3 aromatic rings. The first-order chi connectivity index (χ1) is 14.7. The second-order valence-corrected chi connectivity index (χ2v) is 6.60. The molecule has 0 fully saturated rings. The number of carbonyl (C=O) groups is 1. The van der Waals surface area contributed by atoms with Crippen LogP contribution in [-0.2, 0) is 6.18 Å². The molecule has 0 radical (unpaired) electrons. The van der Waals surface area contributed by atoms with Gasteiger partial charge in [-0.05, 0) is 32.0 Å². The third-order valence-electron chi connectivity index (χ3n) is 4.50. The molecule has 0 aliphatic rings. The standard InChI is InChI=1S/C20H19F4N5O2/c1-3-28(19(30)15-6-4-5-7-17(15)29-26-8-9-27-29)13(2)12-31-18-16(21)10-14(11-25-18)20(22,23)24/h4-11,13H,3,12H2,1-2H3/t13-/m0/s1. The highest BCUT2D eigenvalue weighted by molar-refractivity contribution is 5.97. The maximum absolute atomic E-state index is 14.0. The molecule has 3 rings (SSSR count). The van der Waals surface area contributed by atoms with Gasteiger partial charge in [0.05, 0.1) is 35.2 Å². The molecule has 7 nitrogen and oxygen atoms in total. The summed E-state index contributed by atoms with van der Waals surface area (Å²) >= 11 is 0. The van der Waals surface area contributed by atoms with Crippen LogP contribution in [0, 0.1) is 5.82 Å². The van der Waals surface area contributed by atoms with Gasteiger partial charge in [-0.25, -0.2) is 9.37 Å². The molecule has 2 aromatic heterocycles. The van der Waals surface area contributed by atoms with Crippen LogP contribution in [0.2, 0.25) is 0 Å². The summed E-state index contributed by atoms with van der Waals surface area (Å²) in [7, 11) is 0. The minimum absolute atomic E-state index is 0.170. The first kappa shape index (κ1) is 22.2. The second-order valence-electron chi connectivity index (χ2n) is 6.60. The van der Waals surface area contributed by atoms with Crippen molar-refractivity contribution in [2.24, 2.45) is 0 Å². The number of rotatable bonds is 7. The van der Waals surface area contributed by atoms with Crippen molar-refractivity contribution in [3.63, 3.8) is 0 Å². The number of pyridine rings is 1. The summed E-state index contributed by atoms with van der Waals surface area (Å²) in [5.41, 5.74) is -0.370. The van der Waals surface area contributed by atoms with E-state index in [1.165, 1.54) is 22.1 Å². The number of likely N-dealkylation sites (N-methyl/N-ethyl adjacent to an activating group) is 1. The maximum atomic E-state index is 14.0. The zero-order valence-corrected chi connectivity index (χ0v) is 16.7. The third kappa shape index (κ3) is 4.98. The zero-order valence-electron chi connectivity index (χ0n) is 16.7. The summed E-state index contributed by atoms with van der Waals surface area (Å²) in [6.07, 6.45) is -1.23. The second kappa shape index (κ2) is 9.11. The lowest BCUT2D eigenvalue weighted by Crippen LogP contribution is -2.42. The van der Waals surface area contributed by atoms with Crippen LogP contribution in [-0.4, -0.2) is 50.0 Å². The van der Waals surface area contributed by atoms with Crippen LogP contribution >= 0.6 is 0 Å². The molecule has 0 saturated heterocycles. The van der Waals surface area contributed by atoms with E-state index in [-0.39, 0.29) is 12.5 Å². The fourth-order valence-electron chi connectivity index (χ4n) is 2.96. The zero-order chi connectivity index (χ0) is 22.6. The van der Waals surface area contributed by atoms with Crippen LogP contribution in [0.25, 0.3) is 5.69 Å². The van der Waals surface area contributed by atoms with Gasteiger partial charge in [-0.1, -0.05) is 12.1 Å². The predicted molar refractivity (Wildman–Crippen MR) is 102 cm³/mol. The summed E-state index contributed by atoms with van der Waals surface area (Å²) < 4.78 is 57.2. The van der Waals surface area contributed by atoms with E-state index >= 15 is 0 Å². The number of aromatic nitrogens is 4. The van der Waals surface area contributed by atoms with E-state index in [0.717, 1.165) is 0 Å². The van der Waals surface area contributed by atoms with Gasteiger partial charge in [-0.3, -0.25) is 4.79 Å². The molecule has 0 aliphatic carbocycles. The van der Waals surface area contributed by atoms with Crippen molar-refractivity contribution in [1.82, 2.24) is 24.9 Å².